The van der Waals surface area contributed by atoms with Gasteiger partial charge in [0.2, 0.25) is 0 Å². The van der Waals surface area contributed by atoms with Gasteiger partial charge in [-0.3, -0.25) is 9.59 Å². The van der Waals surface area contributed by atoms with Crippen LogP contribution >= 0.6 is 0 Å². The summed E-state index contributed by atoms with van der Waals surface area (Å²) in [5, 5.41) is 28.4. The van der Waals surface area contributed by atoms with Crippen LogP contribution in [0.1, 0.15) is 90.2 Å². The number of benzene rings is 4. The van der Waals surface area contributed by atoms with Crippen molar-refractivity contribution in [3.05, 3.63) is 144 Å². The zero-order valence-electron chi connectivity index (χ0n) is 33.3. The van der Waals surface area contributed by atoms with Crippen molar-refractivity contribution in [3.8, 4) is 33.6 Å². The molecule has 0 saturated heterocycles. The van der Waals surface area contributed by atoms with Crippen LogP contribution < -0.4 is 10.6 Å². The lowest BCUT2D eigenvalue weighted by atomic mass is 9.85. The Morgan fingerprint density at radius 1 is 0.500 bits per heavy atom. The molecule has 1 unspecified atom stereocenters. The molecule has 2 amide bonds. The zero-order chi connectivity index (χ0) is 40.5. The minimum absolute atomic E-state index is 0.403. The Morgan fingerprint density at radius 3 is 1.11 bits per heavy atom. The molecule has 4 aromatic carbocycles. The summed E-state index contributed by atoms with van der Waals surface area (Å²) in [6, 6.07) is 33.2. The predicted molar refractivity (Wildman–Crippen MR) is 220 cm³/mol. The summed E-state index contributed by atoms with van der Waals surface area (Å²) < 4.78 is 0. The standard InChI is InChI=1S/C46H52N6O4/c1-43(2,3)37(51-41(53)45(7,55)33-15-11-9-12-16-33)39-47-27-35(49-39)31-23-19-29(20-24-31)30-21-25-32(26-22-30)36-28-48-40(50-36)38(44(4,5)6)52-42(54)46(8,56)34-17-13-10-14-18-34/h9-28,37-38,55-56H,1-8H3,(H,47,49)(H,48,50)(H,51,53)(H,52,54)/t37-,38?,45+,46+/m1/s1. The molecule has 6 aromatic rings. The zero-order valence-corrected chi connectivity index (χ0v) is 33.3. The molecule has 10 nitrogen and oxygen atoms in total. The largest absolute Gasteiger partial charge is 0.376 e. The SMILES string of the molecule is CC(C)(C)C(NC(=O)[C@@](C)(O)c1ccccc1)c1ncc(-c2ccc(-c3ccc(-c4cnc([C@@H](NC(=O)[C@@](C)(O)c5ccccc5)C(C)(C)C)[nH]4)cc3)cc2)[nH]1. The van der Waals surface area contributed by atoms with Crippen LogP contribution in [-0.2, 0) is 20.8 Å². The van der Waals surface area contributed by atoms with Crippen molar-refractivity contribution >= 4 is 11.8 Å². The van der Waals surface area contributed by atoms with E-state index in [0.717, 1.165) is 33.6 Å². The average molecular weight is 753 g/mol. The Kier molecular flexibility index (Phi) is 10.9. The van der Waals surface area contributed by atoms with Gasteiger partial charge in [0.25, 0.3) is 11.8 Å². The molecule has 290 valence electrons. The maximum Gasteiger partial charge on any atom is 0.256 e. The van der Waals surface area contributed by atoms with Gasteiger partial charge in [0, 0.05) is 0 Å². The van der Waals surface area contributed by atoms with E-state index in [4.69, 9.17) is 0 Å². The maximum absolute atomic E-state index is 13.4. The molecule has 0 spiro atoms. The number of H-pyrrole nitrogens is 2. The van der Waals surface area contributed by atoms with E-state index in [0.29, 0.717) is 22.8 Å². The van der Waals surface area contributed by atoms with E-state index in [9.17, 15) is 19.8 Å². The number of hydrogen-bond donors (Lipinski definition) is 6. The van der Waals surface area contributed by atoms with Crippen molar-refractivity contribution in [2.45, 2.75) is 78.7 Å². The third-order valence-electron chi connectivity index (χ3n) is 10.3. The van der Waals surface area contributed by atoms with E-state index in [-0.39, 0.29) is 0 Å². The van der Waals surface area contributed by atoms with Gasteiger partial charge in [0.1, 0.15) is 11.6 Å². The quantitative estimate of drug-likeness (QED) is 0.0782. The minimum Gasteiger partial charge on any atom is -0.376 e. The van der Waals surface area contributed by atoms with Crippen LogP contribution in [0.4, 0.5) is 0 Å². The van der Waals surface area contributed by atoms with E-state index in [1.165, 1.54) is 13.8 Å². The van der Waals surface area contributed by atoms with Gasteiger partial charge in [-0.1, -0.05) is 151 Å². The van der Waals surface area contributed by atoms with Gasteiger partial charge in [-0.25, -0.2) is 9.97 Å². The number of carbonyl (C=O) groups is 2. The summed E-state index contributed by atoms with van der Waals surface area (Å²) >= 11 is 0. The van der Waals surface area contributed by atoms with Crippen molar-refractivity contribution in [1.82, 2.24) is 30.6 Å². The Balaban J connectivity index is 1.15. The first-order valence-corrected chi connectivity index (χ1v) is 18.8. The highest BCUT2D eigenvalue weighted by molar-refractivity contribution is 5.87. The first kappa shape index (κ1) is 39.8. The van der Waals surface area contributed by atoms with Gasteiger partial charge in [0.15, 0.2) is 11.2 Å². The number of carbonyl (C=O) groups excluding carboxylic acids is 2. The number of rotatable bonds is 11. The molecule has 0 radical (unpaired) electrons. The molecule has 0 aliphatic rings. The van der Waals surface area contributed by atoms with Crippen LogP contribution in [0.2, 0.25) is 0 Å². The molecule has 4 atom stereocenters. The fourth-order valence-electron chi connectivity index (χ4n) is 6.67. The molecule has 0 aliphatic heterocycles. The summed E-state index contributed by atoms with van der Waals surface area (Å²) in [5.41, 5.74) is 2.37. The number of hydrogen-bond acceptors (Lipinski definition) is 6. The molecule has 0 aliphatic carbocycles. The Bertz CT molecular complexity index is 2100. The van der Waals surface area contributed by atoms with Gasteiger partial charge < -0.3 is 30.8 Å². The normalized spacial score (nSPS) is 15.2. The predicted octanol–water partition coefficient (Wildman–Crippen LogP) is 8.36. The summed E-state index contributed by atoms with van der Waals surface area (Å²) in [5.74, 6) is 0.192. The number of imidazole rings is 2. The van der Waals surface area contributed by atoms with Crippen LogP contribution in [0.5, 0.6) is 0 Å². The highest BCUT2D eigenvalue weighted by Gasteiger charge is 2.39. The second-order valence-corrected chi connectivity index (χ2v) is 16.9. The minimum atomic E-state index is -1.71. The summed E-state index contributed by atoms with van der Waals surface area (Å²) in [6.07, 6.45) is 3.53. The van der Waals surface area contributed by atoms with E-state index in [2.05, 4.69) is 54.8 Å². The third-order valence-corrected chi connectivity index (χ3v) is 10.3. The highest BCUT2D eigenvalue weighted by atomic mass is 16.3. The van der Waals surface area contributed by atoms with Crippen LogP contribution in [0.3, 0.4) is 0 Å². The van der Waals surface area contributed by atoms with E-state index in [1.54, 1.807) is 60.9 Å². The van der Waals surface area contributed by atoms with Crippen LogP contribution in [0, 0.1) is 10.8 Å². The molecule has 0 fully saturated rings. The van der Waals surface area contributed by atoms with E-state index in [1.807, 2.05) is 77.9 Å². The molecule has 0 saturated carbocycles. The number of nitrogens with zero attached hydrogens (tertiary/aromatic N) is 2. The Hall–Kier alpha value is -5.84. The highest BCUT2D eigenvalue weighted by Crippen LogP contribution is 2.36. The van der Waals surface area contributed by atoms with Gasteiger partial charge in [-0.15, -0.1) is 0 Å². The summed E-state index contributed by atoms with van der Waals surface area (Å²) in [6.45, 7) is 15.1. The lowest BCUT2D eigenvalue weighted by molar-refractivity contribution is -0.141. The topological polar surface area (TPSA) is 156 Å². The van der Waals surface area contributed by atoms with Gasteiger partial charge >= 0.3 is 0 Å². The molecular weight excluding hydrogens is 701 g/mol. The lowest BCUT2D eigenvalue weighted by Crippen LogP contribution is -2.47. The van der Waals surface area contributed by atoms with Crippen molar-refractivity contribution < 1.29 is 19.8 Å². The molecule has 6 rings (SSSR count). The van der Waals surface area contributed by atoms with Gasteiger partial charge in [-0.2, -0.15) is 0 Å². The van der Waals surface area contributed by atoms with Crippen LogP contribution in [0.15, 0.2) is 122 Å². The van der Waals surface area contributed by atoms with Crippen LogP contribution in [-0.4, -0.2) is 42.0 Å². The number of aliphatic hydroxyl groups is 2. The Labute approximate surface area is 328 Å². The number of aromatic amines is 2. The Morgan fingerprint density at radius 2 is 0.804 bits per heavy atom. The van der Waals surface area contributed by atoms with Crippen molar-refractivity contribution in [2.24, 2.45) is 10.8 Å². The first-order chi connectivity index (χ1) is 26.4. The third kappa shape index (κ3) is 8.51. The average Bonchev–Trinajstić information content (AvgIpc) is 3.87. The maximum atomic E-state index is 13.4. The van der Waals surface area contributed by atoms with Crippen LogP contribution in [0.25, 0.3) is 33.6 Å². The molecule has 0 bridgehead atoms. The van der Waals surface area contributed by atoms with Crippen molar-refractivity contribution in [2.75, 3.05) is 0 Å². The number of nitrogens with one attached hydrogen (secondary N) is 4. The molecular formula is C46H52N6O4. The molecule has 2 heterocycles. The fourth-order valence-corrected chi connectivity index (χ4v) is 6.67. The first-order valence-electron chi connectivity index (χ1n) is 18.8. The van der Waals surface area contributed by atoms with E-state index >= 15 is 0 Å². The summed E-state index contributed by atoms with van der Waals surface area (Å²) in [7, 11) is 0. The summed E-state index contributed by atoms with van der Waals surface area (Å²) in [4.78, 5) is 42.9. The van der Waals surface area contributed by atoms with Crippen molar-refractivity contribution in [1.29, 1.82) is 0 Å². The molecule has 10 heteroatoms. The van der Waals surface area contributed by atoms with Gasteiger partial charge in [0.05, 0.1) is 35.9 Å². The molecule has 2 aromatic heterocycles. The lowest BCUT2D eigenvalue weighted by Gasteiger charge is -2.33. The van der Waals surface area contributed by atoms with Gasteiger partial charge in [-0.05, 0) is 58.1 Å². The number of aromatic nitrogens is 4. The molecule has 6 N–H and O–H groups in total. The number of amides is 2. The monoisotopic (exact) mass is 752 g/mol. The van der Waals surface area contributed by atoms with Crippen molar-refractivity contribution in [3.63, 3.8) is 0 Å². The molecule has 56 heavy (non-hydrogen) atoms. The van der Waals surface area contributed by atoms with E-state index < -0.39 is 45.9 Å². The second kappa shape index (κ2) is 15.4. The smallest absolute Gasteiger partial charge is 0.256 e. The fraction of sp³-hybridized carbons (Fsp3) is 0.304. The second-order valence-electron chi connectivity index (χ2n) is 16.9.